The molecule has 0 saturated heterocycles. The number of carbonyl (C=O) groups is 3. The summed E-state index contributed by atoms with van der Waals surface area (Å²) < 4.78 is 24.7. The summed E-state index contributed by atoms with van der Waals surface area (Å²) in [7, 11) is 1.51. The minimum absolute atomic E-state index is 0.00581. The third-order valence-electron chi connectivity index (χ3n) is 6.12. The smallest absolute Gasteiger partial charge is 0.287 e. The van der Waals surface area contributed by atoms with Crippen LogP contribution in [-0.2, 0) is 9.59 Å². The largest absolute Gasteiger partial charge is 0.497 e. The van der Waals surface area contributed by atoms with Crippen LogP contribution in [0.15, 0.2) is 71.3 Å². The standard InChI is InChI=1S/C27H28FN3O5/c1-35-22-12-4-7-18(15-22)25(27(34)30-20-9-2-3-10-20)31(21-11-5-8-19(28)16-21)24(32)17-29-26(33)23-13-6-14-36-23/h4-8,11-16,20,25H,2-3,9-10,17H2,1H3,(H,29,33)(H,30,34)/t25-/m1/s1. The second-order valence-corrected chi connectivity index (χ2v) is 8.57. The van der Waals surface area contributed by atoms with Gasteiger partial charge >= 0.3 is 0 Å². The van der Waals surface area contributed by atoms with Crippen LogP contribution < -0.4 is 20.3 Å². The second-order valence-electron chi connectivity index (χ2n) is 8.57. The molecular formula is C27H28FN3O5. The number of carbonyl (C=O) groups excluding carboxylic acids is 3. The number of hydrogen-bond donors (Lipinski definition) is 2. The molecule has 3 amide bonds. The molecule has 2 N–H and O–H groups in total. The number of rotatable bonds is 9. The molecule has 9 heteroatoms. The molecule has 0 bridgehead atoms. The minimum atomic E-state index is -1.13. The lowest BCUT2D eigenvalue weighted by atomic mass is 10.0. The normalized spacial score (nSPS) is 14.2. The van der Waals surface area contributed by atoms with E-state index < -0.39 is 36.1 Å². The van der Waals surface area contributed by atoms with Gasteiger partial charge in [0.15, 0.2) is 5.76 Å². The van der Waals surface area contributed by atoms with E-state index in [2.05, 4.69) is 10.6 Å². The fourth-order valence-electron chi connectivity index (χ4n) is 4.38. The predicted octanol–water partition coefficient (Wildman–Crippen LogP) is 3.99. The van der Waals surface area contributed by atoms with Gasteiger partial charge < -0.3 is 19.8 Å². The van der Waals surface area contributed by atoms with E-state index in [1.165, 1.54) is 42.5 Å². The van der Waals surface area contributed by atoms with E-state index in [1.54, 1.807) is 36.4 Å². The number of benzene rings is 2. The maximum atomic E-state index is 14.3. The van der Waals surface area contributed by atoms with Gasteiger partial charge in [-0.05, 0) is 60.9 Å². The predicted molar refractivity (Wildman–Crippen MR) is 131 cm³/mol. The highest BCUT2D eigenvalue weighted by molar-refractivity contribution is 6.04. The molecule has 8 nitrogen and oxygen atoms in total. The molecule has 188 valence electrons. The van der Waals surface area contributed by atoms with E-state index >= 15 is 0 Å². The van der Waals surface area contributed by atoms with E-state index in [1.807, 2.05) is 0 Å². The highest BCUT2D eigenvalue weighted by Crippen LogP contribution is 2.31. The highest BCUT2D eigenvalue weighted by atomic mass is 19.1. The molecular weight excluding hydrogens is 465 g/mol. The Hall–Kier alpha value is -4.14. The van der Waals surface area contributed by atoms with Crippen LogP contribution in [0.5, 0.6) is 5.75 Å². The van der Waals surface area contributed by atoms with Crippen LogP contribution in [0.3, 0.4) is 0 Å². The Kier molecular flexibility index (Phi) is 7.99. The molecule has 1 aliphatic carbocycles. The molecule has 0 spiro atoms. The molecule has 3 aromatic rings. The Morgan fingerprint density at radius 2 is 1.86 bits per heavy atom. The van der Waals surface area contributed by atoms with E-state index in [4.69, 9.17) is 9.15 Å². The van der Waals surface area contributed by atoms with Crippen molar-refractivity contribution < 1.29 is 27.9 Å². The van der Waals surface area contributed by atoms with E-state index in [0.29, 0.717) is 11.3 Å². The van der Waals surface area contributed by atoms with Crippen molar-refractivity contribution in [2.45, 2.75) is 37.8 Å². The van der Waals surface area contributed by atoms with Crippen molar-refractivity contribution in [3.8, 4) is 5.75 Å². The fraction of sp³-hybridized carbons (Fsp3) is 0.296. The number of amides is 3. The lowest BCUT2D eigenvalue weighted by Gasteiger charge is -2.32. The first kappa shape index (κ1) is 25.0. The van der Waals surface area contributed by atoms with Gasteiger partial charge in [-0.3, -0.25) is 19.3 Å². The van der Waals surface area contributed by atoms with Gasteiger partial charge in [-0.15, -0.1) is 0 Å². The third-order valence-corrected chi connectivity index (χ3v) is 6.12. The van der Waals surface area contributed by atoms with Crippen molar-refractivity contribution in [1.29, 1.82) is 0 Å². The molecule has 0 aliphatic heterocycles. The topological polar surface area (TPSA) is 101 Å². The van der Waals surface area contributed by atoms with Crippen LogP contribution in [0.1, 0.15) is 47.8 Å². The Morgan fingerprint density at radius 3 is 2.56 bits per heavy atom. The highest BCUT2D eigenvalue weighted by Gasteiger charge is 2.35. The number of nitrogens with one attached hydrogen (secondary N) is 2. The van der Waals surface area contributed by atoms with Crippen molar-refractivity contribution in [3.05, 3.63) is 84.1 Å². The van der Waals surface area contributed by atoms with Gasteiger partial charge in [-0.2, -0.15) is 0 Å². The van der Waals surface area contributed by atoms with Gasteiger partial charge in [0.25, 0.3) is 5.91 Å². The van der Waals surface area contributed by atoms with Crippen LogP contribution in [0, 0.1) is 5.82 Å². The number of nitrogens with zero attached hydrogens (tertiary/aromatic N) is 1. The third kappa shape index (κ3) is 5.91. The van der Waals surface area contributed by atoms with Gasteiger partial charge in [-0.25, -0.2) is 4.39 Å². The average molecular weight is 494 g/mol. The molecule has 1 atom stereocenters. The Labute approximate surface area is 208 Å². The average Bonchev–Trinajstić information content (AvgIpc) is 3.60. The zero-order chi connectivity index (χ0) is 25.5. The van der Waals surface area contributed by atoms with Crippen molar-refractivity contribution in [2.24, 2.45) is 0 Å². The molecule has 0 radical (unpaired) electrons. The number of ether oxygens (including phenoxy) is 1. The maximum absolute atomic E-state index is 14.3. The van der Waals surface area contributed by atoms with Crippen LogP contribution in [-0.4, -0.2) is 37.4 Å². The molecule has 1 aliphatic rings. The molecule has 36 heavy (non-hydrogen) atoms. The molecule has 1 heterocycles. The van der Waals surface area contributed by atoms with Gasteiger partial charge in [-0.1, -0.05) is 31.0 Å². The fourth-order valence-corrected chi connectivity index (χ4v) is 4.38. The van der Waals surface area contributed by atoms with E-state index in [9.17, 15) is 18.8 Å². The van der Waals surface area contributed by atoms with Gasteiger partial charge in [0.2, 0.25) is 11.8 Å². The lowest BCUT2D eigenvalue weighted by Crippen LogP contribution is -2.49. The number of hydrogen-bond acceptors (Lipinski definition) is 5. The number of methoxy groups -OCH3 is 1. The number of halogens is 1. The zero-order valence-corrected chi connectivity index (χ0v) is 19.9. The van der Waals surface area contributed by atoms with Crippen LogP contribution in [0.2, 0.25) is 0 Å². The van der Waals surface area contributed by atoms with E-state index in [0.717, 1.165) is 25.7 Å². The van der Waals surface area contributed by atoms with Crippen molar-refractivity contribution >= 4 is 23.4 Å². The Balaban J connectivity index is 1.70. The molecule has 0 unspecified atom stereocenters. The minimum Gasteiger partial charge on any atom is -0.497 e. The summed E-state index contributed by atoms with van der Waals surface area (Å²) in [6.07, 6.45) is 5.08. The summed E-state index contributed by atoms with van der Waals surface area (Å²) in [6, 6.07) is 14.2. The summed E-state index contributed by atoms with van der Waals surface area (Å²) in [4.78, 5) is 40.9. The number of anilines is 1. The van der Waals surface area contributed by atoms with Crippen LogP contribution in [0.4, 0.5) is 10.1 Å². The Morgan fingerprint density at radius 1 is 1.08 bits per heavy atom. The first-order valence-corrected chi connectivity index (χ1v) is 11.8. The first-order valence-electron chi connectivity index (χ1n) is 11.8. The van der Waals surface area contributed by atoms with Gasteiger partial charge in [0, 0.05) is 11.7 Å². The molecule has 2 aromatic carbocycles. The summed E-state index contributed by atoms with van der Waals surface area (Å²) >= 11 is 0. The second kappa shape index (κ2) is 11.5. The molecule has 1 aromatic heterocycles. The summed E-state index contributed by atoms with van der Waals surface area (Å²) in [6.45, 7) is -0.437. The monoisotopic (exact) mass is 493 g/mol. The lowest BCUT2D eigenvalue weighted by molar-refractivity contribution is -0.126. The van der Waals surface area contributed by atoms with Crippen molar-refractivity contribution in [2.75, 3.05) is 18.6 Å². The first-order chi connectivity index (χ1) is 17.5. The van der Waals surface area contributed by atoms with Gasteiger partial charge in [0.05, 0.1) is 19.9 Å². The van der Waals surface area contributed by atoms with E-state index in [-0.39, 0.29) is 17.5 Å². The van der Waals surface area contributed by atoms with Gasteiger partial charge in [0.1, 0.15) is 17.6 Å². The maximum Gasteiger partial charge on any atom is 0.287 e. The quantitative estimate of drug-likeness (QED) is 0.470. The SMILES string of the molecule is COc1cccc([C@H](C(=O)NC2CCCC2)N(C(=O)CNC(=O)c2ccco2)c2cccc(F)c2)c1. The van der Waals surface area contributed by atoms with Crippen molar-refractivity contribution in [3.63, 3.8) is 0 Å². The van der Waals surface area contributed by atoms with Crippen molar-refractivity contribution in [1.82, 2.24) is 10.6 Å². The summed E-state index contributed by atoms with van der Waals surface area (Å²) in [5.41, 5.74) is 0.668. The molecule has 4 rings (SSSR count). The van der Waals surface area contributed by atoms with Crippen LogP contribution >= 0.6 is 0 Å². The van der Waals surface area contributed by atoms with Crippen LogP contribution in [0.25, 0.3) is 0 Å². The summed E-state index contributed by atoms with van der Waals surface area (Å²) in [5.74, 6) is -1.60. The Bertz CT molecular complexity index is 1210. The summed E-state index contributed by atoms with van der Waals surface area (Å²) in [5, 5.41) is 5.57. The molecule has 1 fully saturated rings. The zero-order valence-electron chi connectivity index (χ0n) is 19.9. The molecule has 1 saturated carbocycles. The number of furan rings is 1.